The molecule has 7 nitrogen and oxygen atoms in total. The molecule has 0 aliphatic heterocycles. The number of aliphatic hydroxyl groups is 2. The second kappa shape index (κ2) is 12.4. The van der Waals surface area contributed by atoms with E-state index in [9.17, 15) is 24.9 Å². The highest BCUT2D eigenvalue weighted by Crippen LogP contribution is 2.45. The van der Waals surface area contributed by atoms with Gasteiger partial charge in [-0.05, 0) is 55.4 Å². The Kier molecular flexibility index (Phi) is 8.97. The van der Waals surface area contributed by atoms with E-state index in [4.69, 9.17) is 8.85 Å². The molecule has 0 saturated carbocycles. The van der Waals surface area contributed by atoms with Crippen LogP contribution in [0.3, 0.4) is 0 Å². The summed E-state index contributed by atoms with van der Waals surface area (Å²) < 4.78 is 28.8. The minimum absolute atomic E-state index is 0. The van der Waals surface area contributed by atoms with Crippen molar-refractivity contribution in [1.29, 1.82) is 0 Å². The van der Waals surface area contributed by atoms with Crippen LogP contribution in [0, 0.1) is 29.6 Å². The monoisotopic (exact) mass is 442 g/mol. The molecule has 31 heavy (non-hydrogen) atoms. The van der Waals surface area contributed by atoms with E-state index < -0.39 is 49.4 Å². The van der Waals surface area contributed by atoms with E-state index in [1.54, 1.807) is 6.92 Å². The smallest absolute Gasteiger partial charge is 0.308 e. The lowest BCUT2D eigenvalue weighted by molar-refractivity contribution is -0.307. The average molecular weight is 443 g/mol. The summed E-state index contributed by atoms with van der Waals surface area (Å²) in [7, 11) is 0. The Labute approximate surface area is 190 Å². The van der Waals surface area contributed by atoms with Gasteiger partial charge in [0.2, 0.25) is 0 Å². The molecule has 2 rings (SSSR count). The Bertz CT molecular complexity index is 753. The number of carbonyl (C=O) groups excluding carboxylic acids is 2. The number of rotatable bonds is 10. The first-order chi connectivity index (χ1) is 15.3. The first-order valence-electron chi connectivity index (χ1n) is 12.5. The van der Waals surface area contributed by atoms with Crippen molar-refractivity contribution in [3.05, 3.63) is 23.8 Å². The van der Waals surface area contributed by atoms with Crippen LogP contribution in [0.15, 0.2) is 23.8 Å². The van der Waals surface area contributed by atoms with Crippen LogP contribution in [0.25, 0.3) is 0 Å². The van der Waals surface area contributed by atoms with Crippen LogP contribution in [0.2, 0.25) is 0 Å². The topological polar surface area (TPSA) is 143 Å². The first-order valence-corrected chi connectivity index (χ1v) is 11.0. The number of quaternary nitrogens is 1. The highest BCUT2D eigenvalue weighted by atomic mass is 16.5. The van der Waals surface area contributed by atoms with E-state index in [1.807, 2.05) is 13.0 Å². The van der Waals surface area contributed by atoms with Crippen LogP contribution in [0.1, 0.15) is 70.3 Å². The summed E-state index contributed by atoms with van der Waals surface area (Å²) in [5, 5.41) is 30.7. The number of carbonyl (C=O) groups is 2. The molecule has 7 heteroatoms. The molecule has 0 fully saturated rings. The van der Waals surface area contributed by atoms with Crippen molar-refractivity contribution in [3.63, 3.8) is 0 Å². The van der Waals surface area contributed by atoms with Gasteiger partial charge in [-0.1, -0.05) is 45.9 Å². The van der Waals surface area contributed by atoms with E-state index >= 15 is 0 Å². The fraction of sp³-hybridized carbons (Fsp3) is 0.750. The lowest BCUT2D eigenvalue weighted by Crippen LogP contribution is -2.41. The molecule has 8 atom stereocenters. The van der Waals surface area contributed by atoms with Crippen molar-refractivity contribution >= 4 is 11.9 Å². The van der Waals surface area contributed by atoms with Crippen LogP contribution in [-0.4, -0.2) is 40.5 Å². The number of ether oxygens (including phenoxy) is 1. The van der Waals surface area contributed by atoms with E-state index in [0.29, 0.717) is 19.3 Å². The zero-order chi connectivity index (χ0) is 24.9. The molecule has 0 bridgehead atoms. The Morgan fingerprint density at radius 3 is 2.65 bits per heavy atom. The molecule has 8 unspecified atom stereocenters. The number of esters is 1. The number of allylic oxidation sites excluding steroid dienone is 3. The van der Waals surface area contributed by atoms with Crippen molar-refractivity contribution in [1.82, 2.24) is 6.15 Å². The van der Waals surface area contributed by atoms with Crippen LogP contribution >= 0.6 is 0 Å². The van der Waals surface area contributed by atoms with Gasteiger partial charge < -0.3 is 31.0 Å². The zero-order valence-electron chi connectivity index (χ0n) is 22.1. The van der Waals surface area contributed by atoms with Gasteiger partial charge in [-0.15, -0.1) is 0 Å². The third-order valence-corrected chi connectivity index (χ3v) is 6.34. The standard InChI is InChI=1S/C24H38O6.H3N/c1-5-15(3)24(29)30-21-11-14(2)10-17-7-6-16(4)20(23(17)21)9-8-18(25)12-19(26)13-22(27)28;/h6-7,10,14-16,18-21,23,25-26H,5,8-9,11-13H2,1-4H3,(H,27,28);1H3/i3D3;. The van der Waals surface area contributed by atoms with E-state index in [0.717, 1.165) is 5.57 Å². The highest BCUT2D eigenvalue weighted by Gasteiger charge is 2.41. The average Bonchev–Trinajstić information content (AvgIpc) is 2.65. The summed E-state index contributed by atoms with van der Waals surface area (Å²) in [6.45, 7) is 3.34. The highest BCUT2D eigenvalue weighted by molar-refractivity contribution is 5.72. The lowest BCUT2D eigenvalue weighted by Gasteiger charge is -2.43. The summed E-state index contributed by atoms with van der Waals surface area (Å²) in [4.78, 5) is 23.4. The Balaban J connectivity index is 0.00000578. The number of carboxylic acid groups (broad SMARTS) is 1. The maximum Gasteiger partial charge on any atom is 0.308 e. The van der Waals surface area contributed by atoms with E-state index in [1.165, 1.54) is 0 Å². The molecule has 2 aliphatic carbocycles. The molecular formula is C24H41NO6. The summed E-state index contributed by atoms with van der Waals surface area (Å²) in [5.74, 6) is -2.96. The molecule has 0 spiro atoms. The quantitative estimate of drug-likeness (QED) is 0.444. The fourth-order valence-electron chi connectivity index (χ4n) is 4.71. The Hall–Kier alpha value is -1.70. The maximum atomic E-state index is 12.8. The van der Waals surface area contributed by atoms with Gasteiger partial charge in [-0.25, -0.2) is 0 Å². The van der Waals surface area contributed by atoms with Crippen molar-refractivity contribution < 1.29 is 33.8 Å². The van der Waals surface area contributed by atoms with Crippen molar-refractivity contribution in [2.24, 2.45) is 29.6 Å². The summed E-state index contributed by atoms with van der Waals surface area (Å²) >= 11 is 0. The molecular weight excluding hydrogens is 398 g/mol. The van der Waals surface area contributed by atoms with Crippen LogP contribution < -0.4 is 11.3 Å². The minimum Gasteiger partial charge on any atom is -0.550 e. The van der Waals surface area contributed by atoms with Gasteiger partial charge >= 0.3 is 5.97 Å². The van der Waals surface area contributed by atoms with Gasteiger partial charge in [-0.2, -0.15) is 0 Å². The lowest BCUT2D eigenvalue weighted by atomic mass is 9.65. The van der Waals surface area contributed by atoms with Crippen LogP contribution in [0.4, 0.5) is 0 Å². The van der Waals surface area contributed by atoms with Gasteiger partial charge in [0.05, 0.1) is 18.1 Å². The number of aliphatic hydroxyl groups excluding tert-OH is 2. The van der Waals surface area contributed by atoms with Crippen molar-refractivity contribution in [2.75, 3.05) is 0 Å². The summed E-state index contributed by atoms with van der Waals surface area (Å²) in [6, 6.07) is 0. The number of hydrogen-bond donors (Lipinski definition) is 3. The molecule has 0 radical (unpaired) electrons. The normalized spacial score (nSPS) is 32.1. The summed E-state index contributed by atoms with van der Waals surface area (Å²) in [5.41, 5.74) is 1.06. The van der Waals surface area contributed by atoms with E-state index in [2.05, 4.69) is 19.1 Å². The Morgan fingerprint density at radius 2 is 2.03 bits per heavy atom. The molecule has 2 aliphatic rings. The number of aliphatic carboxylic acids is 1. The largest absolute Gasteiger partial charge is 0.550 e. The molecule has 0 aromatic rings. The zero-order valence-corrected chi connectivity index (χ0v) is 19.1. The van der Waals surface area contributed by atoms with Gasteiger partial charge in [0.25, 0.3) is 0 Å². The maximum absolute atomic E-state index is 12.8. The SMILES string of the molecule is [2H]C([2H])([2H])C(CC)C(=O)OC1CC(C)C=C2C=CC(C)C(CCC(O)CC(O)CC(=O)[O-])C21.[NH4+]. The predicted octanol–water partition coefficient (Wildman–Crippen LogP) is 2.76. The molecule has 6 N–H and O–H groups in total. The van der Waals surface area contributed by atoms with Crippen molar-refractivity contribution in [2.45, 2.75) is 84.5 Å². The number of carboxylic acids is 1. The second-order valence-corrected chi connectivity index (χ2v) is 8.92. The predicted molar refractivity (Wildman–Crippen MR) is 118 cm³/mol. The minimum atomic E-state index is -2.42. The van der Waals surface area contributed by atoms with Gasteiger partial charge in [0.1, 0.15) is 6.10 Å². The first kappa shape index (κ1) is 22.5. The molecule has 178 valence electrons. The molecule has 0 saturated heterocycles. The van der Waals surface area contributed by atoms with Gasteiger partial charge in [0, 0.05) is 22.4 Å². The summed E-state index contributed by atoms with van der Waals surface area (Å²) in [6.07, 6.45) is 4.96. The Morgan fingerprint density at radius 1 is 1.32 bits per heavy atom. The molecule has 0 aromatic heterocycles. The molecule has 0 heterocycles. The van der Waals surface area contributed by atoms with Crippen molar-refractivity contribution in [3.8, 4) is 0 Å². The number of hydrogen-bond acceptors (Lipinski definition) is 6. The fourth-order valence-corrected chi connectivity index (χ4v) is 4.71. The van der Waals surface area contributed by atoms with Gasteiger partial charge in [0.15, 0.2) is 0 Å². The molecule has 0 amide bonds. The van der Waals surface area contributed by atoms with Crippen LogP contribution in [-0.2, 0) is 14.3 Å². The van der Waals surface area contributed by atoms with Crippen LogP contribution in [0.5, 0.6) is 0 Å². The van der Waals surface area contributed by atoms with Gasteiger partial charge in [-0.3, -0.25) is 4.79 Å². The molecule has 0 aromatic carbocycles. The second-order valence-electron chi connectivity index (χ2n) is 8.92. The third kappa shape index (κ3) is 7.74. The number of fused-ring (bicyclic) bond motifs is 1. The third-order valence-electron chi connectivity index (χ3n) is 6.34. The van der Waals surface area contributed by atoms with E-state index in [-0.39, 0.29) is 42.7 Å².